The third-order valence-electron chi connectivity index (χ3n) is 3.72. The Balaban J connectivity index is 1.98. The minimum absolute atomic E-state index is 0.0289. The molecule has 0 aliphatic carbocycles. The number of H-pyrrole nitrogens is 1. The van der Waals surface area contributed by atoms with Gasteiger partial charge in [0.25, 0.3) is 0 Å². The number of benzene rings is 2. The van der Waals surface area contributed by atoms with E-state index in [1.807, 2.05) is 68.4 Å². The fourth-order valence-electron chi connectivity index (χ4n) is 2.68. The van der Waals surface area contributed by atoms with Crippen LogP contribution in [0.4, 0.5) is 5.69 Å². The van der Waals surface area contributed by atoms with Gasteiger partial charge in [-0.3, -0.25) is 4.79 Å². The van der Waals surface area contributed by atoms with Gasteiger partial charge in [-0.05, 0) is 57.4 Å². The fraction of sp³-hybridized carbons (Fsp3) is 0.211. The molecule has 1 amide bonds. The first-order valence-electron chi connectivity index (χ1n) is 7.93. The molecule has 2 aromatic carbocycles. The zero-order chi connectivity index (χ0) is 18.0. The first-order valence-corrected chi connectivity index (χ1v) is 9.13. The Labute approximate surface area is 156 Å². The number of carbonyl (C=O) groups is 1. The van der Waals surface area contributed by atoms with E-state index >= 15 is 0 Å². The lowest BCUT2D eigenvalue weighted by Gasteiger charge is -2.12. The number of rotatable bonds is 5. The molecule has 0 bridgehead atoms. The third-order valence-corrected chi connectivity index (χ3v) is 5.20. The summed E-state index contributed by atoms with van der Waals surface area (Å²) in [6.07, 6.45) is 0. The van der Waals surface area contributed by atoms with Crippen LogP contribution in [0.25, 0.3) is 10.9 Å². The van der Waals surface area contributed by atoms with Crippen molar-refractivity contribution >= 4 is 45.9 Å². The van der Waals surface area contributed by atoms with E-state index in [-0.39, 0.29) is 5.91 Å². The zero-order valence-corrected chi connectivity index (χ0v) is 16.0. The lowest BCUT2D eigenvalue weighted by Crippen LogP contribution is -2.27. The van der Waals surface area contributed by atoms with Crippen molar-refractivity contribution in [2.45, 2.75) is 16.7 Å². The van der Waals surface area contributed by atoms with E-state index in [2.05, 4.69) is 10.3 Å². The summed E-state index contributed by atoms with van der Waals surface area (Å²) in [6, 6.07) is 13.7. The molecule has 0 radical (unpaired) electrons. The Morgan fingerprint density at radius 1 is 1.20 bits per heavy atom. The van der Waals surface area contributed by atoms with Crippen LogP contribution in [0.1, 0.15) is 5.69 Å². The second-order valence-corrected chi connectivity index (χ2v) is 7.67. The SMILES string of the molecule is Cc1[nH]c2cccc(NC(=O)CN(C)C)c2c1Sc1ccc(Cl)cc1. The summed E-state index contributed by atoms with van der Waals surface area (Å²) in [7, 11) is 3.75. The maximum absolute atomic E-state index is 12.2. The molecule has 0 fully saturated rings. The van der Waals surface area contributed by atoms with Gasteiger partial charge < -0.3 is 15.2 Å². The van der Waals surface area contributed by atoms with Crippen LogP contribution in [0.3, 0.4) is 0 Å². The standard InChI is InChI=1S/C19H20ClN3OS/c1-12-19(25-14-9-7-13(20)8-10-14)18-15(21-12)5-4-6-16(18)22-17(24)11-23(2)3/h4-10,21H,11H2,1-3H3,(H,22,24). The lowest BCUT2D eigenvalue weighted by atomic mass is 10.2. The number of amides is 1. The van der Waals surface area contributed by atoms with Gasteiger partial charge in [0, 0.05) is 31.4 Å². The number of aromatic amines is 1. The number of anilines is 1. The Morgan fingerprint density at radius 3 is 2.60 bits per heavy atom. The van der Waals surface area contributed by atoms with Crippen LogP contribution in [-0.4, -0.2) is 36.4 Å². The van der Waals surface area contributed by atoms with Gasteiger partial charge in [-0.2, -0.15) is 0 Å². The van der Waals surface area contributed by atoms with Gasteiger partial charge in [0.2, 0.25) is 5.91 Å². The number of aryl methyl sites for hydroxylation is 1. The van der Waals surface area contributed by atoms with Gasteiger partial charge in [-0.15, -0.1) is 0 Å². The predicted molar refractivity (Wildman–Crippen MR) is 106 cm³/mol. The molecule has 0 saturated heterocycles. The number of halogens is 1. The number of hydrogen-bond acceptors (Lipinski definition) is 3. The Hall–Kier alpha value is -1.95. The Morgan fingerprint density at radius 2 is 1.92 bits per heavy atom. The van der Waals surface area contributed by atoms with Crippen LogP contribution in [-0.2, 0) is 4.79 Å². The molecular formula is C19H20ClN3OS. The smallest absolute Gasteiger partial charge is 0.238 e. The molecule has 130 valence electrons. The fourth-order valence-corrected chi connectivity index (χ4v) is 3.84. The molecule has 0 aliphatic rings. The maximum Gasteiger partial charge on any atom is 0.238 e. The van der Waals surface area contributed by atoms with E-state index in [9.17, 15) is 4.79 Å². The monoisotopic (exact) mass is 373 g/mol. The molecule has 0 atom stereocenters. The van der Waals surface area contributed by atoms with Crippen LogP contribution in [0, 0.1) is 6.92 Å². The minimum Gasteiger partial charge on any atom is -0.358 e. The maximum atomic E-state index is 12.2. The van der Waals surface area contributed by atoms with Crippen LogP contribution in [0.2, 0.25) is 5.02 Å². The van der Waals surface area contributed by atoms with E-state index in [4.69, 9.17) is 11.6 Å². The molecule has 1 heterocycles. The summed E-state index contributed by atoms with van der Waals surface area (Å²) >= 11 is 7.64. The minimum atomic E-state index is -0.0289. The summed E-state index contributed by atoms with van der Waals surface area (Å²) in [5.74, 6) is -0.0289. The largest absolute Gasteiger partial charge is 0.358 e. The normalized spacial score (nSPS) is 11.2. The molecule has 1 aromatic heterocycles. The molecule has 0 aliphatic heterocycles. The highest BCUT2D eigenvalue weighted by Crippen LogP contribution is 2.40. The highest BCUT2D eigenvalue weighted by Gasteiger charge is 2.15. The van der Waals surface area contributed by atoms with E-state index in [1.54, 1.807) is 11.8 Å². The van der Waals surface area contributed by atoms with E-state index < -0.39 is 0 Å². The first-order chi connectivity index (χ1) is 11.9. The van der Waals surface area contributed by atoms with Crippen molar-refractivity contribution in [2.24, 2.45) is 0 Å². The second kappa shape index (κ2) is 7.52. The van der Waals surface area contributed by atoms with Gasteiger partial charge in [-0.1, -0.05) is 29.4 Å². The molecule has 3 aromatic rings. The molecule has 0 saturated carbocycles. The summed E-state index contributed by atoms with van der Waals surface area (Å²) in [6.45, 7) is 2.39. The van der Waals surface area contributed by atoms with Gasteiger partial charge in [0.15, 0.2) is 0 Å². The molecule has 6 heteroatoms. The van der Waals surface area contributed by atoms with Crippen LogP contribution >= 0.6 is 23.4 Å². The molecule has 0 unspecified atom stereocenters. The number of carbonyl (C=O) groups excluding carboxylic acids is 1. The topological polar surface area (TPSA) is 48.1 Å². The van der Waals surface area contributed by atoms with E-state index in [1.165, 1.54) is 0 Å². The summed E-state index contributed by atoms with van der Waals surface area (Å²) < 4.78 is 0. The number of hydrogen-bond donors (Lipinski definition) is 2. The van der Waals surface area contributed by atoms with Crippen LogP contribution < -0.4 is 5.32 Å². The van der Waals surface area contributed by atoms with Gasteiger partial charge >= 0.3 is 0 Å². The Bertz CT molecular complexity index is 903. The number of likely N-dealkylation sites (N-methyl/N-ethyl adjacent to an activating group) is 1. The van der Waals surface area contributed by atoms with E-state index in [0.717, 1.165) is 37.1 Å². The number of fused-ring (bicyclic) bond motifs is 1. The molecule has 2 N–H and O–H groups in total. The van der Waals surface area contributed by atoms with Crippen molar-refractivity contribution in [1.29, 1.82) is 0 Å². The van der Waals surface area contributed by atoms with Crippen molar-refractivity contribution in [1.82, 2.24) is 9.88 Å². The number of nitrogens with zero attached hydrogens (tertiary/aromatic N) is 1. The number of nitrogens with one attached hydrogen (secondary N) is 2. The second-order valence-electron chi connectivity index (χ2n) is 6.15. The lowest BCUT2D eigenvalue weighted by molar-refractivity contribution is -0.116. The van der Waals surface area contributed by atoms with Crippen molar-refractivity contribution in [2.75, 3.05) is 26.0 Å². The van der Waals surface area contributed by atoms with E-state index in [0.29, 0.717) is 6.54 Å². The zero-order valence-electron chi connectivity index (χ0n) is 14.4. The van der Waals surface area contributed by atoms with Gasteiger partial charge in [0.1, 0.15) is 0 Å². The van der Waals surface area contributed by atoms with Crippen molar-refractivity contribution in [3.63, 3.8) is 0 Å². The highest BCUT2D eigenvalue weighted by molar-refractivity contribution is 7.99. The molecule has 3 rings (SSSR count). The first kappa shape index (κ1) is 17.9. The molecule has 25 heavy (non-hydrogen) atoms. The quantitative estimate of drug-likeness (QED) is 0.676. The molecule has 0 spiro atoms. The average molecular weight is 374 g/mol. The van der Waals surface area contributed by atoms with Crippen molar-refractivity contribution in [3.05, 3.63) is 53.2 Å². The Kier molecular flexibility index (Phi) is 5.37. The molecule has 4 nitrogen and oxygen atoms in total. The highest BCUT2D eigenvalue weighted by atomic mass is 35.5. The molecular weight excluding hydrogens is 354 g/mol. The van der Waals surface area contributed by atoms with Crippen molar-refractivity contribution < 1.29 is 4.79 Å². The van der Waals surface area contributed by atoms with Crippen LogP contribution in [0.15, 0.2) is 52.3 Å². The predicted octanol–water partition coefficient (Wildman–Crippen LogP) is 4.78. The van der Waals surface area contributed by atoms with Crippen molar-refractivity contribution in [3.8, 4) is 0 Å². The van der Waals surface area contributed by atoms with Gasteiger partial charge in [0.05, 0.1) is 12.2 Å². The van der Waals surface area contributed by atoms with Gasteiger partial charge in [-0.25, -0.2) is 0 Å². The summed E-state index contributed by atoms with van der Waals surface area (Å²) in [4.78, 5) is 19.7. The average Bonchev–Trinajstić information content (AvgIpc) is 2.85. The summed E-state index contributed by atoms with van der Waals surface area (Å²) in [5, 5.41) is 4.78. The third kappa shape index (κ3) is 4.18. The van der Waals surface area contributed by atoms with Crippen LogP contribution in [0.5, 0.6) is 0 Å². The summed E-state index contributed by atoms with van der Waals surface area (Å²) in [5.41, 5.74) is 2.91. The number of aromatic nitrogens is 1.